The summed E-state index contributed by atoms with van der Waals surface area (Å²) in [5.41, 5.74) is 2.34. The monoisotopic (exact) mass is 431 g/mol. The van der Waals surface area contributed by atoms with E-state index in [0.717, 1.165) is 49.1 Å². The van der Waals surface area contributed by atoms with Crippen LogP contribution in [0.1, 0.15) is 18.4 Å². The van der Waals surface area contributed by atoms with Gasteiger partial charge in [-0.05, 0) is 37.5 Å². The highest BCUT2D eigenvalue weighted by atomic mass is 32.2. The fourth-order valence-corrected chi connectivity index (χ4v) is 4.15. The molecule has 1 aliphatic heterocycles. The van der Waals surface area contributed by atoms with Crippen LogP contribution < -0.4 is 15.4 Å². The topological polar surface area (TPSA) is 118 Å². The van der Waals surface area contributed by atoms with E-state index in [1.54, 1.807) is 6.07 Å². The molecule has 0 aliphatic carbocycles. The number of benzene rings is 1. The number of fused-ring (bicyclic) bond motifs is 1. The lowest BCUT2D eigenvalue weighted by atomic mass is 10.1. The number of aromatic amines is 1. The Morgan fingerprint density at radius 1 is 1.23 bits per heavy atom. The number of sulfone groups is 1. The smallest absolute Gasteiger partial charge is 0.231 e. The maximum atomic E-state index is 11.8. The number of nitrogens with one attached hydrogen (secondary N) is 3. The zero-order valence-electron chi connectivity index (χ0n) is 17.2. The molecule has 10 heteroatoms. The van der Waals surface area contributed by atoms with Crippen molar-refractivity contribution < 1.29 is 17.9 Å². The average Bonchev–Trinajstić information content (AvgIpc) is 3.09. The van der Waals surface area contributed by atoms with Crippen LogP contribution in [0.3, 0.4) is 0 Å². The molecular weight excluding hydrogens is 406 g/mol. The summed E-state index contributed by atoms with van der Waals surface area (Å²) in [4.78, 5) is 12.6. The fraction of sp³-hybridized carbons (Fsp3) is 0.400. The molecule has 0 unspecified atom stereocenters. The summed E-state index contributed by atoms with van der Waals surface area (Å²) in [6, 6.07) is 4.94. The number of aryl methyl sites for hydroxylation is 1. The molecule has 2 aromatic heterocycles. The van der Waals surface area contributed by atoms with Crippen molar-refractivity contribution in [3.8, 4) is 5.75 Å². The Hall–Kier alpha value is -2.85. The molecule has 0 radical (unpaired) electrons. The number of nitrogens with zero attached hydrogens (tertiary/aromatic N) is 2. The van der Waals surface area contributed by atoms with E-state index in [9.17, 15) is 8.42 Å². The van der Waals surface area contributed by atoms with Crippen molar-refractivity contribution in [1.29, 1.82) is 0 Å². The minimum absolute atomic E-state index is 0.183. The third-order valence-corrected chi connectivity index (χ3v) is 6.25. The van der Waals surface area contributed by atoms with Crippen molar-refractivity contribution in [2.45, 2.75) is 30.7 Å². The number of ether oxygens (including phenoxy) is 2. The van der Waals surface area contributed by atoms with Crippen molar-refractivity contribution in [1.82, 2.24) is 15.0 Å². The van der Waals surface area contributed by atoms with Gasteiger partial charge >= 0.3 is 0 Å². The van der Waals surface area contributed by atoms with Crippen molar-refractivity contribution >= 4 is 38.3 Å². The Balaban J connectivity index is 1.69. The fourth-order valence-electron chi connectivity index (χ4n) is 3.51. The average molecular weight is 432 g/mol. The van der Waals surface area contributed by atoms with Crippen molar-refractivity contribution in [3.63, 3.8) is 0 Å². The second kappa shape index (κ2) is 8.11. The lowest BCUT2D eigenvalue weighted by molar-refractivity contribution is 0.0904. The molecule has 0 saturated carbocycles. The van der Waals surface area contributed by atoms with Gasteiger partial charge in [-0.25, -0.2) is 8.42 Å². The Kier molecular flexibility index (Phi) is 5.52. The summed E-state index contributed by atoms with van der Waals surface area (Å²) in [5.74, 6) is 1.52. The van der Waals surface area contributed by atoms with Crippen LogP contribution in [0.2, 0.25) is 0 Å². The molecule has 0 spiro atoms. The molecule has 1 aromatic carbocycles. The van der Waals surface area contributed by atoms with Gasteiger partial charge in [-0.2, -0.15) is 9.97 Å². The van der Waals surface area contributed by atoms with Crippen LogP contribution in [0.4, 0.5) is 17.5 Å². The first kappa shape index (κ1) is 20.4. The molecule has 160 valence electrons. The summed E-state index contributed by atoms with van der Waals surface area (Å²) < 4.78 is 34.5. The molecular formula is C20H25N5O4S. The van der Waals surface area contributed by atoms with Crippen LogP contribution in [0.5, 0.6) is 5.75 Å². The first-order valence-electron chi connectivity index (χ1n) is 9.70. The predicted octanol–water partition coefficient (Wildman–Crippen LogP) is 3.01. The zero-order chi connectivity index (χ0) is 21.3. The molecule has 0 atom stereocenters. The molecule has 30 heavy (non-hydrogen) atoms. The van der Waals surface area contributed by atoms with Gasteiger partial charge in [-0.1, -0.05) is 0 Å². The summed E-state index contributed by atoms with van der Waals surface area (Å²) in [6.45, 7) is 3.47. The van der Waals surface area contributed by atoms with E-state index in [1.807, 2.05) is 13.1 Å². The van der Waals surface area contributed by atoms with Crippen molar-refractivity contribution in [2.75, 3.05) is 37.2 Å². The Bertz CT molecular complexity index is 1170. The van der Waals surface area contributed by atoms with E-state index in [0.29, 0.717) is 23.0 Å². The first-order valence-corrected chi connectivity index (χ1v) is 11.6. The number of methoxy groups -OCH3 is 1. The molecule has 1 saturated heterocycles. The SMILES string of the molecule is COc1cc(S(C)(=O)=O)ccc1Nc1nc(NC2CCOCC2)c2c(C)c[nH]c2n1. The molecule has 3 heterocycles. The number of rotatable bonds is 6. The highest BCUT2D eigenvalue weighted by Crippen LogP contribution is 2.32. The van der Waals surface area contributed by atoms with Crippen LogP contribution in [0.15, 0.2) is 29.3 Å². The van der Waals surface area contributed by atoms with Crippen molar-refractivity contribution in [3.05, 3.63) is 30.0 Å². The normalized spacial score (nSPS) is 15.3. The van der Waals surface area contributed by atoms with Gasteiger partial charge in [0, 0.05) is 37.8 Å². The maximum absolute atomic E-state index is 11.8. The van der Waals surface area contributed by atoms with E-state index >= 15 is 0 Å². The van der Waals surface area contributed by atoms with Crippen LogP contribution in [-0.4, -0.2) is 56.0 Å². The Morgan fingerprint density at radius 3 is 2.70 bits per heavy atom. The molecule has 3 aromatic rings. The molecule has 4 rings (SSSR count). The highest BCUT2D eigenvalue weighted by molar-refractivity contribution is 7.90. The minimum Gasteiger partial charge on any atom is -0.495 e. The first-order chi connectivity index (χ1) is 14.3. The largest absolute Gasteiger partial charge is 0.495 e. The predicted molar refractivity (Wildman–Crippen MR) is 115 cm³/mol. The highest BCUT2D eigenvalue weighted by Gasteiger charge is 2.19. The summed E-state index contributed by atoms with van der Waals surface area (Å²) in [7, 11) is -1.85. The van der Waals surface area contributed by atoms with E-state index in [4.69, 9.17) is 14.5 Å². The molecule has 1 fully saturated rings. The van der Waals surface area contributed by atoms with Gasteiger partial charge in [-0.15, -0.1) is 0 Å². The van der Waals surface area contributed by atoms with E-state index < -0.39 is 9.84 Å². The van der Waals surface area contributed by atoms with Crippen LogP contribution in [0, 0.1) is 6.92 Å². The molecule has 9 nitrogen and oxygen atoms in total. The van der Waals surface area contributed by atoms with Gasteiger partial charge in [-0.3, -0.25) is 0 Å². The van der Waals surface area contributed by atoms with Crippen LogP contribution in [0.25, 0.3) is 11.0 Å². The van der Waals surface area contributed by atoms with Crippen LogP contribution >= 0.6 is 0 Å². The maximum Gasteiger partial charge on any atom is 0.231 e. The number of hydrogen-bond donors (Lipinski definition) is 3. The Labute approximate surface area is 175 Å². The lowest BCUT2D eigenvalue weighted by Crippen LogP contribution is -2.28. The number of anilines is 3. The number of H-pyrrole nitrogens is 1. The minimum atomic E-state index is -3.34. The summed E-state index contributed by atoms with van der Waals surface area (Å²) >= 11 is 0. The van der Waals surface area contributed by atoms with Gasteiger partial charge in [0.2, 0.25) is 5.95 Å². The molecule has 1 aliphatic rings. The van der Waals surface area contributed by atoms with Gasteiger partial charge in [0.1, 0.15) is 17.2 Å². The quantitative estimate of drug-likeness (QED) is 0.545. The summed E-state index contributed by atoms with van der Waals surface area (Å²) in [6.07, 6.45) is 4.89. The molecule has 0 amide bonds. The van der Waals surface area contributed by atoms with E-state index in [-0.39, 0.29) is 10.9 Å². The second-order valence-corrected chi connectivity index (χ2v) is 9.40. The lowest BCUT2D eigenvalue weighted by Gasteiger charge is -2.24. The van der Waals surface area contributed by atoms with E-state index in [2.05, 4.69) is 20.6 Å². The summed E-state index contributed by atoms with van der Waals surface area (Å²) in [5, 5.41) is 7.64. The third-order valence-electron chi connectivity index (χ3n) is 5.14. The van der Waals surface area contributed by atoms with Gasteiger partial charge in [0.25, 0.3) is 0 Å². The molecule has 3 N–H and O–H groups in total. The second-order valence-electron chi connectivity index (χ2n) is 7.38. The third kappa shape index (κ3) is 4.19. The Morgan fingerprint density at radius 2 is 2.00 bits per heavy atom. The van der Waals surface area contributed by atoms with Gasteiger partial charge in [0.05, 0.1) is 23.1 Å². The number of aromatic nitrogens is 3. The van der Waals surface area contributed by atoms with Gasteiger partial charge in [0.15, 0.2) is 9.84 Å². The molecule has 0 bridgehead atoms. The van der Waals surface area contributed by atoms with Gasteiger partial charge < -0.3 is 25.1 Å². The zero-order valence-corrected chi connectivity index (χ0v) is 18.0. The standard InChI is InChI=1S/C20H25N5O4S/c1-12-11-21-18-17(12)19(22-13-6-8-29-9-7-13)25-20(24-18)23-15-5-4-14(30(3,26)27)10-16(15)28-2/h4-5,10-11,13H,6-9H2,1-3H3,(H3,21,22,23,24,25). The van der Waals surface area contributed by atoms with E-state index in [1.165, 1.54) is 19.2 Å². The van der Waals surface area contributed by atoms with Crippen LogP contribution in [-0.2, 0) is 14.6 Å². The number of hydrogen-bond acceptors (Lipinski definition) is 8. The van der Waals surface area contributed by atoms with Crippen molar-refractivity contribution in [2.24, 2.45) is 0 Å².